The summed E-state index contributed by atoms with van der Waals surface area (Å²) in [5.41, 5.74) is 3.55. The van der Waals surface area contributed by atoms with Gasteiger partial charge < -0.3 is 4.98 Å². The molecule has 0 atom stereocenters. The van der Waals surface area contributed by atoms with E-state index in [1.54, 1.807) is 0 Å². The Kier molecular flexibility index (Phi) is 2.59. The van der Waals surface area contributed by atoms with Crippen molar-refractivity contribution in [2.45, 2.75) is 13.8 Å². The molecule has 19 heavy (non-hydrogen) atoms. The Morgan fingerprint density at radius 2 is 1.74 bits per heavy atom. The maximum Gasteiger partial charge on any atom is 0.153 e. The molecule has 0 aliphatic rings. The number of nitrogens with zero attached hydrogens (tertiary/aromatic N) is 1. The molecule has 0 aliphatic carbocycles. The second kappa shape index (κ2) is 4.16. The molecular weight excluding hydrogens is 246 g/mol. The Morgan fingerprint density at radius 1 is 1.05 bits per heavy atom. The number of fused-ring (bicyclic) bond motifs is 1. The van der Waals surface area contributed by atoms with Gasteiger partial charge in [-0.1, -0.05) is 18.2 Å². The van der Waals surface area contributed by atoms with E-state index in [1.807, 2.05) is 32.0 Å². The van der Waals surface area contributed by atoms with Gasteiger partial charge in [0.1, 0.15) is 17.2 Å². The smallest absolute Gasteiger partial charge is 0.153 e. The van der Waals surface area contributed by atoms with E-state index in [2.05, 4.69) is 9.97 Å². The first kappa shape index (κ1) is 11.8. The van der Waals surface area contributed by atoms with Gasteiger partial charge in [-0.2, -0.15) is 0 Å². The van der Waals surface area contributed by atoms with E-state index >= 15 is 0 Å². The first-order valence-corrected chi connectivity index (χ1v) is 5.97. The fraction of sp³-hybridized carbons (Fsp3) is 0.133. The quantitative estimate of drug-likeness (QED) is 0.698. The molecule has 4 heteroatoms. The number of halogens is 2. The zero-order chi connectivity index (χ0) is 13.6. The third-order valence-corrected chi connectivity index (χ3v) is 3.22. The molecule has 2 aromatic carbocycles. The summed E-state index contributed by atoms with van der Waals surface area (Å²) in [5, 5.41) is 0. The summed E-state index contributed by atoms with van der Waals surface area (Å²) in [6.45, 7) is 3.93. The number of benzene rings is 2. The molecule has 0 aliphatic heterocycles. The highest BCUT2D eigenvalue weighted by atomic mass is 19.1. The van der Waals surface area contributed by atoms with Gasteiger partial charge in [0.05, 0.1) is 5.52 Å². The van der Waals surface area contributed by atoms with Crippen molar-refractivity contribution in [3.05, 3.63) is 53.1 Å². The number of hydrogen-bond acceptors (Lipinski definition) is 1. The van der Waals surface area contributed by atoms with Crippen LogP contribution in [0.15, 0.2) is 30.3 Å². The van der Waals surface area contributed by atoms with Crippen LogP contribution in [0.2, 0.25) is 0 Å². The molecule has 96 valence electrons. The number of aryl methyl sites for hydroxylation is 2. The topological polar surface area (TPSA) is 28.7 Å². The number of aromatic nitrogens is 2. The van der Waals surface area contributed by atoms with Gasteiger partial charge in [-0.3, -0.25) is 0 Å². The van der Waals surface area contributed by atoms with Crippen LogP contribution in [-0.2, 0) is 0 Å². The molecule has 0 unspecified atom stereocenters. The maximum absolute atomic E-state index is 13.7. The fourth-order valence-corrected chi connectivity index (χ4v) is 2.35. The lowest BCUT2D eigenvalue weighted by atomic mass is 10.0. The van der Waals surface area contributed by atoms with Crippen molar-refractivity contribution in [2.75, 3.05) is 0 Å². The SMILES string of the molecule is Cc1cccc(C)c1-c1nc2c(F)cc(F)cc2[nH]1. The van der Waals surface area contributed by atoms with Gasteiger partial charge in [0.2, 0.25) is 0 Å². The molecule has 1 aromatic heterocycles. The fourth-order valence-electron chi connectivity index (χ4n) is 2.35. The van der Waals surface area contributed by atoms with E-state index in [9.17, 15) is 8.78 Å². The summed E-state index contributed by atoms with van der Waals surface area (Å²) < 4.78 is 26.8. The second-order valence-corrected chi connectivity index (χ2v) is 4.64. The number of hydrogen-bond donors (Lipinski definition) is 1. The predicted octanol–water partition coefficient (Wildman–Crippen LogP) is 4.12. The van der Waals surface area contributed by atoms with Crippen LogP contribution < -0.4 is 0 Å². The summed E-state index contributed by atoms with van der Waals surface area (Å²) in [6, 6.07) is 7.98. The average molecular weight is 258 g/mol. The third kappa shape index (κ3) is 1.89. The molecule has 3 rings (SSSR count). The molecule has 0 amide bonds. The Hall–Kier alpha value is -2.23. The van der Waals surface area contributed by atoms with Gasteiger partial charge >= 0.3 is 0 Å². The zero-order valence-corrected chi connectivity index (χ0v) is 10.6. The van der Waals surface area contributed by atoms with Crippen molar-refractivity contribution in [1.82, 2.24) is 9.97 Å². The van der Waals surface area contributed by atoms with Crippen molar-refractivity contribution in [2.24, 2.45) is 0 Å². The number of aromatic amines is 1. The van der Waals surface area contributed by atoms with Crippen LogP contribution in [0.1, 0.15) is 11.1 Å². The molecule has 0 saturated carbocycles. The highest BCUT2D eigenvalue weighted by Gasteiger charge is 2.13. The molecule has 0 radical (unpaired) electrons. The summed E-state index contributed by atoms with van der Waals surface area (Å²) in [6.07, 6.45) is 0. The first-order chi connectivity index (χ1) is 9.06. The number of imidazole rings is 1. The number of H-pyrrole nitrogens is 1. The monoisotopic (exact) mass is 258 g/mol. The lowest BCUT2D eigenvalue weighted by molar-refractivity contribution is 0.591. The minimum absolute atomic E-state index is 0.166. The second-order valence-electron chi connectivity index (χ2n) is 4.64. The largest absolute Gasteiger partial charge is 0.338 e. The average Bonchev–Trinajstić information content (AvgIpc) is 2.72. The lowest BCUT2D eigenvalue weighted by Crippen LogP contribution is -1.89. The predicted molar refractivity (Wildman–Crippen MR) is 70.9 cm³/mol. The summed E-state index contributed by atoms with van der Waals surface area (Å²) in [4.78, 5) is 7.23. The molecular formula is C15H12F2N2. The summed E-state index contributed by atoms with van der Waals surface area (Å²) in [5.74, 6) is -0.694. The van der Waals surface area contributed by atoms with Gasteiger partial charge in [-0.25, -0.2) is 13.8 Å². The zero-order valence-electron chi connectivity index (χ0n) is 10.6. The van der Waals surface area contributed by atoms with E-state index < -0.39 is 11.6 Å². The van der Waals surface area contributed by atoms with Crippen LogP contribution in [0.25, 0.3) is 22.4 Å². The molecule has 1 N–H and O–H groups in total. The normalized spacial score (nSPS) is 11.2. The van der Waals surface area contributed by atoms with E-state index in [4.69, 9.17) is 0 Å². The third-order valence-electron chi connectivity index (χ3n) is 3.22. The van der Waals surface area contributed by atoms with E-state index in [-0.39, 0.29) is 5.52 Å². The standard InChI is InChI=1S/C15H12F2N2/c1-8-4-3-5-9(2)13(8)15-18-12-7-10(16)6-11(17)14(12)19-15/h3-7H,1-2H3,(H,18,19). The molecule has 0 spiro atoms. The number of rotatable bonds is 1. The van der Waals surface area contributed by atoms with Gasteiger partial charge in [-0.05, 0) is 31.0 Å². The summed E-state index contributed by atoms with van der Waals surface area (Å²) in [7, 11) is 0. The Bertz CT molecular complexity index is 755. The first-order valence-electron chi connectivity index (χ1n) is 5.97. The van der Waals surface area contributed by atoms with Crippen molar-refractivity contribution in [1.29, 1.82) is 0 Å². The summed E-state index contributed by atoms with van der Waals surface area (Å²) >= 11 is 0. The molecule has 0 saturated heterocycles. The van der Waals surface area contributed by atoms with Crippen LogP contribution in [-0.4, -0.2) is 9.97 Å². The van der Waals surface area contributed by atoms with Crippen LogP contribution in [0, 0.1) is 25.5 Å². The van der Waals surface area contributed by atoms with Crippen LogP contribution >= 0.6 is 0 Å². The van der Waals surface area contributed by atoms with Gasteiger partial charge in [0.25, 0.3) is 0 Å². The highest BCUT2D eigenvalue weighted by Crippen LogP contribution is 2.27. The molecule has 0 fully saturated rings. The Labute approximate surface area is 109 Å². The lowest BCUT2D eigenvalue weighted by Gasteiger charge is -2.05. The Balaban J connectivity index is 2.30. The highest BCUT2D eigenvalue weighted by molar-refractivity contribution is 5.81. The van der Waals surface area contributed by atoms with E-state index in [1.165, 1.54) is 6.07 Å². The van der Waals surface area contributed by atoms with Crippen molar-refractivity contribution in [3.63, 3.8) is 0 Å². The van der Waals surface area contributed by atoms with Crippen molar-refractivity contribution < 1.29 is 8.78 Å². The molecule has 1 heterocycles. The van der Waals surface area contributed by atoms with E-state index in [0.29, 0.717) is 11.3 Å². The van der Waals surface area contributed by atoms with Gasteiger partial charge in [0, 0.05) is 11.6 Å². The maximum atomic E-state index is 13.7. The Morgan fingerprint density at radius 3 is 2.42 bits per heavy atom. The van der Waals surface area contributed by atoms with Crippen molar-refractivity contribution >= 4 is 11.0 Å². The van der Waals surface area contributed by atoms with Crippen LogP contribution in [0.4, 0.5) is 8.78 Å². The van der Waals surface area contributed by atoms with Crippen LogP contribution in [0.3, 0.4) is 0 Å². The van der Waals surface area contributed by atoms with Crippen LogP contribution in [0.5, 0.6) is 0 Å². The van der Waals surface area contributed by atoms with E-state index in [0.717, 1.165) is 22.8 Å². The number of nitrogens with one attached hydrogen (secondary N) is 1. The molecule has 0 bridgehead atoms. The minimum Gasteiger partial charge on any atom is -0.338 e. The van der Waals surface area contributed by atoms with Crippen molar-refractivity contribution in [3.8, 4) is 11.4 Å². The molecule has 2 nitrogen and oxygen atoms in total. The van der Waals surface area contributed by atoms with Gasteiger partial charge in [-0.15, -0.1) is 0 Å². The van der Waals surface area contributed by atoms with Gasteiger partial charge in [0.15, 0.2) is 5.82 Å². The molecule has 3 aromatic rings. The minimum atomic E-state index is -0.649.